The van der Waals surface area contributed by atoms with Crippen LogP contribution in [-0.4, -0.2) is 51.5 Å². The van der Waals surface area contributed by atoms with Crippen molar-refractivity contribution in [3.8, 4) is 5.69 Å². The molecule has 2 aromatic heterocycles. The molecule has 2 aromatic carbocycles. The lowest BCUT2D eigenvalue weighted by Crippen LogP contribution is -2.44. The number of nitrogens with one attached hydrogen (secondary N) is 3. The van der Waals surface area contributed by atoms with Crippen molar-refractivity contribution in [2.75, 3.05) is 6.54 Å². The Balaban J connectivity index is 1.42. The van der Waals surface area contributed by atoms with Gasteiger partial charge in [0, 0.05) is 57.0 Å². The number of esters is 1. The second kappa shape index (κ2) is 14.1. The molecule has 46 heavy (non-hydrogen) atoms. The molecule has 4 rings (SSSR count). The zero-order valence-corrected chi connectivity index (χ0v) is 28.7. The number of hydrogen-bond acceptors (Lipinski definition) is 6. The quantitative estimate of drug-likeness (QED) is 0.0906. The van der Waals surface area contributed by atoms with Crippen LogP contribution in [-0.2, 0) is 25.6 Å². The van der Waals surface area contributed by atoms with E-state index in [0.717, 1.165) is 44.2 Å². The lowest BCUT2D eigenvalue weighted by Gasteiger charge is -2.23. The van der Waals surface area contributed by atoms with Gasteiger partial charge in [-0.25, -0.2) is 14.4 Å². The van der Waals surface area contributed by atoms with Gasteiger partial charge in [0.05, 0.1) is 0 Å². The number of alkyl carbamates (subject to hydrolysis) is 2. The van der Waals surface area contributed by atoms with Crippen LogP contribution in [0.25, 0.3) is 27.5 Å². The number of rotatable bonds is 10. The molecular weight excluding hydrogens is 608 g/mol. The fourth-order valence-electron chi connectivity index (χ4n) is 5.24. The van der Waals surface area contributed by atoms with E-state index in [-0.39, 0.29) is 6.61 Å². The van der Waals surface area contributed by atoms with Crippen LogP contribution < -0.4 is 10.6 Å². The second-order valence-corrected chi connectivity index (χ2v) is 14.0. The molecule has 0 aliphatic rings. The average molecular weight is 653 g/mol. The number of carbonyl (C=O) groups is 3. The van der Waals surface area contributed by atoms with Crippen molar-refractivity contribution in [3.05, 3.63) is 64.4 Å². The van der Waals surface area contributed by atoms with Crippen molar-refractivity contribution in [1.29, 1.82) is 0 Å². The van der Waals surface area contributed by atoms with Crippen molar-refractivity contribution in [1.82, 2.24) is 20.2 Å². The molecule has 10 nitrogen and oxygen atoms in total. The SMILES string of the molecule is Cc1cc(-n2ccc(COC(=O)[C@@H](CCCCNC(=O)OC(C)(C)C)NC(=O)OC(C)(C)C)c2)c(C)c2c1[nH]c1ccc(Cl)cc12. The van der Waals surface area contributed by atoms with Crippen LogP contribution in [0.4, 0.5) is 9.59 Å². The van der Waals surface area contributed by atoms with Crippen molar-refractivity contribution >= 4 is 51.6 Å². The number of nitrogens with zero attached hydrogens (tertiary/aromatic N) is 1. The number of ether oxygens (including phenoxy) is 3. The predicted octanol–water partition coefficient (Wildman–Crippen LogP) is 8.01. The Labute approximate surface area is 275 Å². The van der Waals surface area contributed by atoms with E-state index in [9.17, 15) is 14.4 Å². The van der Waals surface area contributed by atoms with Crippen molar-refractivity contribution in [2.45, 2.75) is 98.5 Å². The standard InChI is InChI=1S/C35H45ClN4O6/c1-21-17-28(22(2)29-25-18-24(36)12-13-26(25)38-30(21)29)40-16-14-23(19-40)20-44-31(41)27(39-33(43)46-35(6,7)8)11-9-10-15-37-32(42)45-34(3,4)5/h12-14,16-19,27,38H,9-11,15,20H2,1-8H3,(H,37,42)(H,39,43)/t27-/m1/s1. The molecule has 2 heterocycles. The Morgan fingerprint density at radius 2 is 1.65 bits per heavy atom. The molecule has 0 aliphatic carbocycles. The van der Waals surface area contributed by atoms with Crippen molar-refractivity contribution < 1.29 is 28.6 Å². The molecule has 2 amide bonds. The van der Waals surface area contributed by atoms with Gasteiger partial charge in [0.1, 0.15) is 23.9 Å². The second-order valence-electron chi connectivity index (χ2n) is 13.6. The summed E-state index contributed by atoms with van der Waals surface area (Å²) in [7, 11) is 0. The fourth-order valence-corrected chi connectivity index (χ4v) is 5.41. The third kappa shape index (κ3) is 9.19. The number of carbonyl (C=O) groups excluding carboxylic acids is 3. The molecule has 248 valence electrons. The van der Waals surface area contributed by atoms with Gasteiger partial charge in [0.15, 0.2) is 0 Å². The Hall–Kier alpha value is -4.18. The summed E-state index contributed by atoms with van der Waals surface area (Å²) in [5, 5.41) is 8.22. The first-order valence-electron chi connectivity index (χ1n) is 15.5. The minimum absolute atomic E-state index is 0.0293. The summed E-state index contributed by atoms with van der Waals surface area (Å²) in [5.41, 5.74) is 4.78. The van der Waals surface area contributed by atoms with Crippen molar-refractivity contribution in [2.24, 2.45) is 0 Å². The predicted molar refractivity (Wildman–Crippen MR) is 181 cm³/mol. The lowest BCUT2D eigenvalue weighted by molar-refractivity contribution is -0.147. The van der Waals surface area contributed by atoms with Crippen LogP contribution in [0.5, 0.6) is 0 Å². The van der Waals surface area contributed by atoms with E-state index in [1.807, 2.05) is 41.2 Å². The largest absolute Gasteiger partial charge is 0.459 e. The minimum Gasteiger partial charge on any atom is -0.459 e. The van der Waals surface area contributed by atoms with Gasteiger partial charge in [0.2, 0.25) is 0 Å². The summed E-state index contributed by atoms with van der Waals surface area (Å²) >= 11 is 6.33. The van der Waals surface area contributed by atoms with Crippen LogP contribution in [0, 0.1) is 13.8 Å². The summed E-state index contributed by atoms with van der Waals surface area (Å²) in [4.78, 5) is 41.1. The number of aromatic amines is 1. The molecule has 0 fully saturated rings. The summed E-state index contributed by atoms with van der Waals surface area (Å²) in [6.07, 6.45) is 4.09. The molecule has 0 aliphatic heterocycles. The van der Waals surface area contributed by atoms with E-state index in [2.05, 4.69) is 35.5 Å². The molecule has 11 heteroatoms. The summed E-state index contributed by atoms with van der Waals surface area (Å²) in [6, 6.07) is 8.96. The number of aryl methyl sites for hydroxylation is 2. The molecule has 4 aromatic rings. The molecule has 0 saturated heterocycles. The smallest absolute Gasteiger partial charge is 0.408 e. The van der Waals surface area contributed by atoms with Crippen LogP contribution in [0.3, 0.4) is 0 Å². The Kier molecular flexibility index (Phi) is 10.6. The third-order valence-electron chi connectivity index (χ3n) is 7.24. The number of benzene rings is 2. The molecule has 1 atom stereocenters. The first-order valence-corrected chi connectivity index (χ1v) is 15.9. The highest BCUT2D eigenvalue weighted by atomic mass is 35.5. The summed E-state index contributed by atoms with van der Waals surface area (Å²) in [5.74, 6) is -0.567. The van der Waals surface area contributed by atoms with Crippen LogP contribution in [0.15, 0.2) is 42.7 Å². The number of halogens is 1. The molecule has 0 spiro atoms. The van der Waals surface area contributed by atoms with Gasteiger partial charge in [-0.3, -0.25) is 0 Å². The van der Waals surface area contributed by atoms with E-state index in [0.29, 0.717) is 30.8 Å². The summed E-state index contributed by atoms with van der Waals surface area (Å²) in [6.45, 7) is 15.2. The number of hydrogen-bond donors (Lipinski definition) is 3. The highest BCUT2D eigenvalue weighted by Crippen LogP contribution is 2.35. The molecule has 0 bridgehead atoms. The minimum atomic E-state index is -0.917. The summed E-state index contributed by atoms with van der Waals surface area (Å²) < 4.78 is 18.3. The Morgan fingerprint density at radius 1 is 0.957 bits per heavy atom. The molecule has 0 unspecified atom stereocenters. The molecular formula is C35H45ClN4O6. The monoisotopic (exact) mass is 652 g/mol. The van der Waals surface area contributed by atoms with Gasteiger partial charge >= 0.3 is 18.2 Å². The number of aromatic nitrogens is 2. The normalized spacial score (nSPS) is 12.6. The average Bonchev–Trinajstić information content (AvgIpc) is 3.56. The third-order valence-corrected chi connectivity index (χ3v) is 7.48. The maximum Gasteiger partial charge on any atom is 0.408 e. The van der Waals surface area contributed by atoms with Gasteiger partial charge in [-0.1, -0.05) is 11.6 Å². The fraction of sp³-hybridized carbons (Fsp3) is 0.457. The molecule has 3 N–H and O–H groups in total. The number of fused-ring (bicyclic) bond motifs is 3. The van der Waals surface area contributed by atoms with E-state index in [4.69, 9.17) is 25.8 Å². The zero-order chi connectivity index (χ0) is 33.8. The van der Waals surface area contributed by atoms with Gasteiger partial charge in [0.25, 0.3) is 0 Å². The van der Waals surface area contributed by atoms with E-state index >= 15 is 0 Å². The number of H-pyrrole nitrogens is 1. The van der Waals surface area contributed by atoms with Gasteiger partial charge in [-0.2, -0.15) is 0 Å². The maximum atomic E-state index is 13.2. The first kappa shape index (κ1) is 34.7. The van der Waals surface area contributed by atoms with Gasteiger partial charge in [-0.05, 0) is 116 Å². The lowest BCUT2D eigenvalue weighted by atomic mass is 10.0. The number of amides is 2. The van der Waals surface area contributed by atoms with Crippen LogP contribution in [0.1, 0.15) is 77.5 Å². The number of unbranched alkanes of at least 4 members (excludes halogenated alkanes) is 1. The van der Waals surface area contributed by atoms with E-state index in [1.54, 1.807) is 41.5 Å². The van der Waals surface area contributed by atoms with Crippen LogP contribution in [0.2, 0.25) is 5.02 Å². The topological polar surface area (TPSA) is 124 Å². The Morgan fingerprint density at radius 3 is 2.35 bits per heavy atom. The molecule has 0 radical (unpaired) electrons. The van der Waals surface area contributed by atoms with Crippen molar-refractivity contribution in [3.63, 3.8) is 0 Å². The van der Waals surface area contributed by atoms with Crippen LogP contribution >= 0.6 is 11.6 Å². The molecule has 0 saturated carbocycles. The maximum absolute atomic E-state index is 13.2. The van der Waals surface area contributed by atoms with E-state index in [1.165, 1.54) is 0 Å². The first-order chi connectivity index (χ1) is 21.5. The van der Waals surface area contributed by atoms with Gasteiger partial charge < -0.3 is 34.4 Å². The van der Waals surface area contributed by atoms with E-state index < -0.39 is 35.4 Å². The zero-order valence-electron chi connectivity index (χ0n) is 27.9. The van der Waals surface area contributed by atoms with Gasteiger partial charge in [-0.15, -0.1) is 0 Å². The highest BCUT2D eigenvalue weighted by molar-refractivity contribution is 6.32. The highest BCUT2D eigenvalue weighted by Gasteiger charge is 2.26. The Bertz CT molecular complexity index is 1730.